The van der Waals surface area contributed by atoms with Gasteiger partial charge in [0.05, 0.1) is 0 Å². The van der Waals surface area contributed by atoms with Crippen LogP contribution in [-0.2, 0) is 19.3 Å². The molecule has 1 heterocycles. The molecule has 2 nitrogen and oxygen atoms in total. The molecule has 1 aromatic rings. The van der Waals surface area contributed by atoms with E-state index in [9.17, 15) is 5.11 Å². The number of phenols is 1. The van der Waals surface area contributed by atoms with Crippen LogP contribution in [0.25, 0.3) is 0 Å². The quantitative estimate of drug-likeness (QED) is 0.855. The fourth-order valence-corrected chi connectivity index (χ4v) is 3.77. The van der Waals surface area contributed by atoms with Gasteiger partial charge in [-0.3, -0.25) is 0 Å². The highest BCUT2D eigenvalue weighted by atomic mass is 16.3. The van der Waals surface area contributed by atoms with Gasteiger partial charge in [-0.05, 0) is 99.2 Å². The van der Waals surface area contributed by atoms with Crippen molar-refractivity contribution in [3.8, 4) is 5.75 Å². The molecule has 0 bridgehead atoms. The molecule has 2 aliphatic rings. The first kappa shape index (κ1) is 13.0. The van der Waals surface area contributed by atoms with Crippen LogP contribution in [0, 0.1) is 12.8 Å². The van der Waals surface area contributed by atoms with Gasteiger partial charge in [-0.25, -0.2) is 0 Å². The lowest BCUT2D eigenvalue weighted by Gasteiger charge is -2.26. The van der Waals surface area contributed by atoms with Crippen molar-refractivity contribution >= 4 is 0 Å². The van der Waals surface area contributed by atoms with Crippen molar-refractivity contribution in [2.75, 3.05) is 13.1 Å². The Kier molecular flexibility index (Phi) is 3.79. The summed E-state index contributed by atoms with van der Waals surface area (Å²) in [7, 11) is 0. The van der Waals surface area contributed by atoms with Gasteiger partial charge in [0.2, 0.25) is 0 Å². The highest BCUT2D eigenvalue weighted by Crippen LogP contribution is 2.34. The van der Waals surface area contributed by atoms with Crippen molar-refractivity contribution in [2.45, 2.75) is 51.9 Å². The third-order valence-electron chi connectivity index (χ3n) is 4.99. The predicted octanol–water partition coefficient (Wildman–Crippen LogP) is 3.12. The highest BCUT2D eigenvalue weighted by Gasteiger charge is 2.21. The first-order valence-corrected chi connectivity index (χ1v) is 7.79. The van der Waals surface area contributed by atoms with Crippen LogP contribution in [0.3, 0.4) is 0 Å². The molecule has 0 amide bonds. The number of hydrogen-bond acceptors (Lipinski definition) is 2. The van der Waals surface area contributed by atoms with E-state index in [1.54, 1.807) is 0 Å². The number of aromatic hydroxyl groups is 1. The second-order valence-electron chi connectivity index (χ2n) is 6.24. The molecule has 104 valence electrons. The van der Waals surface area contributed by atoms with Crippen LogP contribution >= 0.6 is 0 Å². The fourth-order valence-electron chi connectivity index (χ4n) is 3.77. The smallest absolute Gasteiger partial charge is 0.119 e. The molecule has 1 saturated heterocycles. The Bertz CT molecular complexity index is 461. The summed E-state index contributed by atoms with van der Waals surface area (Å²) in [6.07, 6.45) is 8.50. The minimum atomic E-state index is 0.552. The van der Waals surface area contributed by atoms with Crippen molar-refractivity contribution in [2.24, 2.45) is 5.92 Å². The molecule has 19 heavy (non-hydrogen) atoms. The minimum absolute atomic E-state index is 0.552. The number of hydrogen-bond donors (Lipinski definition) is 2. The second kappa shape index (κ2) is 5.54. The van der Waals surface area contributed by atoms with Gasteiger partial charge in [0, 0.05) is 0 Å². The van der Waals surface area contributed by atoms with E-state index in [1.807, 2.05) is 0 Å². The standard InChI is InChI=1S/C17H25NO/c1-12-15-5-3-2-4-14(15)11-17(19)16(12)10-13-6-8-18-9-7-13/h11,13,18-19H,2-10H2,1H3. The Hall–Kier alpha value is -1.02. The van der Waals surface area contributed by atoms with Crippen molar-refractivity contribution in [1.29, 1.82) is 0 Å². The molecule has 1 aliphatic heterocycles. The molecular formula is C17H25NO. The SMILES string of the molecule is Cc1c(CC2CCNCC2)c(O)cc2c1CCCC2. The van der Waals surface area contributed by atoms with E-state index in [2.05, 4.69) is 18.3 Å². The average molecular weight is 259 g/mol. The lowest BCUT2D eigenvalue weighted by atomic mass is 9.82. The summed E-state index contributed by atoms with van der Waals surface area (Å²) in [6.45, 7) is 4.49. The van der Waals surface area contributed by atoms with Crippen molar-refractivity contribution < 1.29 is 5.11 Å². The van der Waals surface area contributed by atoms with Crippen LogP contribution in [0.5, 0.6) is 5.75 Å². The third-order valence-corrected chi connectivity index (χ3v) is 4.99. The highest BCUT2D eigenvalue weighted by molar-refractivity contribution is 5.49. The van der Waals surface area contributed by atoms with Crippen molar-refractivity contribution in [1.82, 2.24) is 5.32 Å². The summed E-state index contributed by atoms with van der Waals surface area (Å²) in [5, 5.41) is 13.8. The van der Waals surface area contributed by atoms with Crippen LogP contribution in [0.4, 0.5) is 0 Å². The molecule has 0 unspecified atom stereocenters. The molecule has 0 aromatic heterocycles. The van der Waals surface area contributed by atoms with Gasteiger partial charge < -0.3 is 10.4 Å². The summed E-state index contributed by atoms with van der Waals surface area (Å²) in [4.78, 5) is 0. The Morgan fingerprint density at radius 1 is 1.21 bits per heavy atom. The molecule has 0 atom stereocenters. The number of phenolic OH excluding ortho intramolecular Hbond substituents is 1. The number of rotatable bonds is 2. The molecule has 0 radical (unpaired) electrons. The Morgan fingerprint density at radius 3 is 2.74 bits per heavy atom. The monoisotopic (exact) mass is 259 g/mol. The Balaban J connectivity index is 1.87. The number of nitrogens with one attached hydrogen (secondary N) is 1. The van der Waals surface area contributed by atoms with E-state index < -0.39 is 0 Å². The summed E-state index contributed by atoms with van der Waals surface area (Å²) >= 11 is 0. The van der Waals surface area contributed by atoms with E-state index in [0.29, 0.717) is 5.75 Å². The molecule has 2 N–H and O–H groups in total. The minimum Gasteiger partial charge on any atom is -0.508 e. The van der Waals surface area contributed by atoms with Gasteiger partial charge in [-0.2, -0.15) is 0 Å². The van der Waals surface area contributed by atoms with Crippen molar-refractivity contribution in [3.05, 3.63) is 28.3 Å². The van der Waals surface area contributed by atoms with E-state index in [-0.39, 0.29) is 0 Å². The maximum Gasteiger partial charge on any atom is 0.119 e. The van der Waals surface area contributed by atoms with Crippen molar-refractivity contribution in [3.63, 3.8) is 0 Å². The van der Waals surface area contributed by atoms with E-state index in [0.717, 1.165) is 31.8 Å². The van der Waals surface area contributed by atoms with Crippen LogP contribution in [0.15, 0.2) is 6.07 Å². The summed E-state index contributed by atoms with van der Waals surface area (Å²) < 4.78 is 0. The van der Waals surface area contributed by atoms with Gasteiger partial charge in [0.15, 0.2) is 0 Å². The van der Waals surface area contributed by atoms with E-state index in [1.165, 1.54) is 54.4 Å². The lowest BCUT2D eigenvalue weighted by molar-refractivity contribution is 0.365. The number of piperidine rings is 1. The molecule has 1 aliphatic carbocycles. The van der Waals surface area contributed by atoms with E-state index in [4.69, 9.17) is 0 Å². The molecule has 1 fully saturated rings. The second-order valence-corrected chi connectivity index (χ2v) is 6.24. The molecule has 0 saturated carbocycles. The fraction of sp³-hybridized carbons (Fsp3) is 0.647. The molecule has 2 heteroatoms. The molecule has 1 aromatic carbocycles. The topological polar surface area (TPSA) is 32.3 Å². The zero-order valence-corrected chi connectivity index (χ0v) is 12.0. The van der Waals surface area contributed by atoms with E-state index >= 15 is 0 Å². The van der Waals surface area contributed by atoms with Gasteiger partial charge >= 0.3 is 0 Å². The number of benzene rings is 1. The van der Waals surface area contributed by atoms with Gasteiger partial charge in [0.25, 0.3) is 0 Å². The van der Waals surface area contributed by atoms with Gasteiger partial charge in [-0.15, -0.1) is 0 Å². The molecule has 3 rings (SSSR count). The summed E-state index contributed by atoms with van der Waals surface area (Å²) in [6, 6.07) is 2.05. The van der Waals surface area contributed by atoms with Crippen LogP contribution in [0.1, 0.15) is 47.9 Å². The average Bonchev–Trinajstić information content (AvgIpc) is 2.45. The lowest BCUT2D eigenvalue weighted by Crippen LogP contribution is -2.28. The Morgan fingerprint density at radius 2 is 1.95 bits per heavy atom. The first-order chi connectivity index (χ1) is 9.25. The van der Waals surface area contributed by atoms with Gasteiger partial charge in [0.1, 0.15) is 5.75 Å². The van der Waals surface area contributed by atoms with Gasteiger partial charge in [-0.1, -0.05) is 0 Å². The van der Waals surface area contributed by atoms with Crippen LogP contribution < -0.4 is 5.32 Å². The number of aryl methyl sites for hydroxylation is 1. The maximum absolute atomic E-state index is 10.4. The zero-order chi connectivity index (χ0) is 13.2. The largest absolute Gasteiger partial charge is 0.508 e. The van der Waals surface area contributed by atoms with Crippen LogP contribution in [-0.4, -0.2) is 18.2 Å². The Labute approximate surface area is 116 Å². The zero-order valence-electron chi connectivity index (χ0n) is 12.0. The molecule has 0 spiro atoms. The summed E-state index contributed by atoms with van der Waals surface area (Å²) in [5.41, 5.74) is 5.55. The normalized spacial score (nSPS) is 20.3. The predicted molar refractivity (Wildman–Crippen MR) is 78.8 cm³/mol. The van der Waals surface area contributed by atoms with Crippen LogP contribution in [0.2, 0.25) is 0 Å². The molecular weight excluding hydrogens is 234 g/mol. The third kappa shape index (κ3) is 2.64. The first-order valence-electron chi connectivity index (χ1n) is 7.79. The number of fused-ring (bicyclic) bond motifs is 1. The maximum atomic E-state index is 10.4. The summed E-state index contributed by atoms with van der Waals surface area (Å²) in [5.74, 6) is 1.30.